The topological polar surface area (TPSA) is 77.8 Å². The van der Waals surface area contributed by atoms with E-state index in [4.69, 9.17) is 11.5 Å². The van der Waals surface area contributed by atoms with Crippen molar-refractivity contribution in [1.82, 2.24) is 9.97 Å². The van der Waals surface area contributed by atoms with Gasteiger partial charge in [0.1, 0.15) is 0 Å². The van der Waals surface area contributed by atoms with Crippen LogP contribution in [0.2, 0.25) is 0 Å². The van der Waals surface area contributed by atoms with Gasteiger partial charge in [0.15, 0.2) is 0 Å². The van der Waals surface area contributed by atoms with Gasteiger partial charge in [0.2, 0.25) is 0 Å². The predicted octanol–water partition coefficient (Wildman–Crippen LogP) is 5.77. The van der Waals surface area contributed by atoms with Crippen LogP contribution >= 0.6 is 21.6 Å². The number of nitrogens with zero attached hydrogens (tertiary/aromatic N) is 2. The minimum atomic E-state index is 0.749. The van der Waals surface area contributed by atoms with E-state index in [-0.39, 0.29) is 0 Å². The van der Waals surface area contributed by atoms with E-state index in [0.29, 0.717) is 0 Å². The molecule has 138 valence electrons. The molecule has 0 spiro atoms. The first-order chi connectivity index (χ1) is 13.7. The summed E-state index contributed by atoms with van der Waals surface area (Å²) in [6.07, 6.45) is 7.16. The lowest BCUT2D eigenvalue weighted by atomic mass is 10.1. The lowest BCUT2D eigenvalue weighted by Gasteiger charge is -2.11. The van der Waals surface area contributed by atoms with Crippen molar-refractivity contribution < 1.29 is 0 Å². The Morgan fingerprint density at radius 2 is 0.893 bits per heavy atom. The fourth-order valence-corrected chi connectivity index (χ4v) is 5.01. The molecule has 28 heavy (non-hydrogen) atoms. The summed E-state index contributed by atoms with van der Waals surface area (Å²) < 4.78 is 0. The van der Waals surface area contributed by atoms with Crippen molar-refractivity contribution in [1.29, 1.82) is 0 Å². The zero-order valence-electron chi connectivity index (χ0n) is 14.9. The highest BCUT2D eigenvalue weighted by Crippen LogP contribution is 2.44. The molecular formula is C22H18N4S2. The molecule has 4 aromatic rings. The fourth-order valence-electron chi connectivity index (χ4n) is 2.75. The highest BCUT2D eigenvalue weighted by atomic mass is 33.1. The first-order valence-corrected chi connectivity index (χ1v) is 10.8. The van der Waals surface area contributed by atoms with Gasteiger partial charge < -0.3 is 11.5 Å². The van der Waals surface area contributed by atoms with Gasteiger partial charge in [-0.05, 0) is 70.8 Å². The van der Waals surface area contributed by atoms with Crippen LogP contribution in [-0.4, -0.2) is 9.97 Å². The molecule has 4 N–H and O–H groups in total. The quantitative estimate of drug-likeness (QED) is 0.326. The molecule has 6 heteroatoms. The fraction of sp³-hybridized carbons (Fsp3) is 0. The number of pyridine rings is 2. The second-order valence-corrected chi connectivity index (χ2v) is 8.36. The lowest BCUT2D eigenvalue weighted by molar-refractivity contribution is 1.33. The Labute approximate surface area is 171 Å². The van der Waals surface area contributed by atoms with E-state index in [9.17, 15) is 0 Å². The Kier molecular flexibility index (Phi) is 5.50. The third-order valence-corrected chi connectivity index (χ3v) is 6.75. The van der Waals surface area contributed by atoms with Crippen molar-refractivity contribution in [2.24, 2.45) is 0 Å². The average molecular weight is 403 g/mol. The van der Waals surface area contributed by atoms with Gasteiger partial charge in [-0.2, -0.15) is 0 Å². The molecule has 0 fully saturated rings. The Hall–Kier alpha value is -2.96. The molecule has 4 nitrogen and oxygen atoms in total. The molecule has 0 aliphatic heterocycles. The third kappa shape index (κ3) is 4.13. The van der Waals surface area contributed by atoms with E-state index in [0.717, 1.165) is 43.4 Å². The molecule has 0 saturated heterocycles. The summed E-state index contributed by atoms with van der Waals surface area (Å²) in [5.74, 6) is 0. The summed E-state index contributed by atoms with van der Waals surface area (Å²) in [6.45, 7) is 0. The van der Waals surface area contributed by atoms with Crippen LogP contribution in [0.3, 0.4) is 0 Å². The van der Waals surface area contributed by atoms with Crippen LogP contribution in [0.25, 0.3) is 22.3 Å². The van der Waals surface area contributed by atoms with Gasteiger partial charge in [0.05, 0.1) is 0 Å². The number of benzene rings is 2. The van der Waals surface area contributed by atoms with Gasteiger partial charge in [-0.25, -0.2) is 0 Å². The molecule has 0 amide bonds. The maximum Gasteiger partial charge on any atom is 0.0461 e. The average Bonchev–Trinajstić information content (AvgIpc) is 2.75. The van der Waals surface area contributed by atoms with Crippen LogP contribution < -0.4 is 11.5 Å². The molecule has 2 heterocycles. The standard InChI is InChI=1S/C22H18N4S2/c23-19-3-1-17(15-5-9-25-10-6-15)13-21(19)27-28-22-14-18(2-4-20(22)24)16-7-11-26-12-8-16/h1-14H,23-24H2. The van der Waals surface area contributed by atoms with Crippen LogP contribution in [0.4, 0.5) is 11.4 Å². The number of nitrogens with two attached hydrogens (primary N) is 2. The minimum absolute atomic E-state index is 0.749. The molecule has 2 aromatic carbocycles. The van der Waals surface area contributed by atoms with Crippen molar-refractivity contribution in [3.63, 3.8) is 0 Å². The summed E-state index contributed by atoms with van der Waals surface area (Å²) >= 11 is 0. The second kappa shape index (κ2) is 8.37. The number of hydrogen-bond acceptors (Lipinski definition) is 6. The highest BCUT2D eigenvalue weighted by Gasteiger charge is 2.09. The number of rotatable bonds is 5. The van der Waals surface area contributed by atoms with Gasteiger partial charge in [0.25, 0.3) is 0 Å². The van der Waals surface area contributed by atoms with E-state index < -0.39 is 0 Å². The van der Waals surface area contributed by atoms with E-state index in [1.54, 1.807) is 46.4 Å². The van der Waals surface area contributed by atoms with Crippen molar-refractivity contribution >= 4 is 33.0 Å². The summed E-state index contributed by atoms with van der Waals surface area (Å²) in [5.41, 5.74) is 18.4. The SMILES string of the molecule is Nc1ccc(-c2ccncc2)cc1SSc1cc(-c2ccncc2)ccc1N. The Morgan fingerprint density at radius 3 is 1.29 bits per heavy atom. The number of hydrogen-bond donors (Lipinski definition) is 2. The molecule has 0 saturated carbocycles. The molecule has 0 atom stereocenters. The minimum Gasteiger partial charge on any atom is -0.398 e. The Bertz CT molecular complexity index is 997. The molecule has 0 aliphatic rings. The molecular weight excluding hydrogens is 384 g/mol. The second-order valence-electron chi connectivity index (χ2n) is 6.14. The van der Waals surface area contributed by atoms with Crippen molar-refractivity contribution in [3.05, 3.63) is 85.5 Å². The van der Waals surface area contributed by atoms with E-state index in [2.05, 4.69) is 22.1 Å². The maximum absolute atomic E-state index is 6.21. The smallest absolute Gasteiger partial charge is 0.0461 e. The predicted molar refractivity (Wildman–Crippen MR) is 120 cm³/mol. The van der Waals surface area contributed by atoms with Gasteiger partial charge in [-0.3, -0.25) is 9.97 Å². The van der Waals surface area contributed by atoms with E-state index in [1.165, 1.54) is 0 Å². The van der Waals surface area contributed by atoms with Crippen molar-refractivity contribution in [2.75, 3.05) is 11.5 Å². The maximum atomic E-state index is 6.21. The van der Waals surface area contributed by atoms with Crippen molar-refractivity contribution in [3.8, 4) is 22.3 Å². The molecule has 0 bridgehead atoms. The molecule has 0 unspecified atom stereocenters. The van der Waals surface area contributed by atoms with Crippen LogP contribution in [0.15, 0.2) is 95.2 Å². The van der Waals surface area contributed by atoms with E-state index >= 15 is 0 Å². The highest BCUT2D eigenvalue weighted by molar-refractivity contribution is 8.76. The summed E-state index contributed by atoms with van der Waals surface area (Å²) in [7, 11) is 3.22. The van der Waals surface area contributed by atoms with Crippen LogP contribution in [0, 0.1) is 0 Å². The lowest BCUT2D eigenvalue weighted by Crippen LogP contribution is -1.90. The summed E-state index contributed by atoms with van der Waals surface area (Å²) in [5, 5.41) is 0. The summed E-state index contributed by atoms with van der Waals surface area (Å²) in [4.78, 5) is 10.2. The number of nitrogen functional groups attached to an aromatic ring is 2. The van der Waals surface area contributed by atoms with Gasteiger partial charge in [-0.1, -0.05) is 33.7 Å². The Balaban J connectivity index is 1.58. The van der Waals surface area contributed by atoms with Gasteiger partial charge >= 0.3 is 0 Å². The number of anilines is 2. The van der Waals surface area contributed by atoms with Crippen LogP contribution in [0.1, 0.15) is 0 Å². The first kappa shape index (κ1) is 18.4. The molecule has 4 rings (SSSR count). The molecule has 0 aliphatic carbocycles. The monoisotopic (exact) mass is 402 g/mol. The zero-order chi connectivity index (χ0) is 19.3. The largest absolute Gasteiger partial charge is 0.398 e. The zero-order valence-corrected chi connectivity index (χ0v) is 16.6. The third-order valence-electron chi connectivity index (χ3n) is 4.28. The summed E-state index contributed by atoms with van der Waals surface area (Å²) in [6, 6.07) is 20.1. The van der Waals surface area contributed by atoms with Crippen LogP contribution in [-0.2, 0) is 0 Å². The molecule has 2 aromatic heterocycles. The first-order valence-electron chi connectivity index (χ1n) is 8.65. The Morgan fingerprint density at radius 1 is 0.500 bits per heavy atom. The van der Waals surface area contributed by atoms with Gasteiger partial charge in [0, 0.05) is 46.0 Å². The number of aromatic nitrogens is 2. The van der Waals surface area contributed by atoms with E-state index in [1.807, 2.05) is 48.5 Å². The van der Waals surface area contributed by atoms with Gasteiger partial charge in [-0.15, -0.1) is 0 Å². The molecule has 0 radical (unpaired) electrons. The van der Waals surface area contributed by atoms with Crippen LogP contribution in [0.5, 0.6) is 0 Å². The normalized spacial score (nSPS) is 10.7. The van der Waals surface area contributed by atoms with Crippen molar-refractivity contribution in [2.45, 2.75) is 9.79 Å².